The van der Waals surface area contributed by atoms with Crippen LogP contribution in [0.3, 0.4) is 0 Å². The average Bonchev–Trinajstić information content (AvgIpc) is 2.84. The molecule has 16 heavy (non-hydrogen) atoms. The lowest BCUT2D eigenvalue weighted by atomic mass is 9.89. The molecular weight excluding hydrogens is 198 g/mol. The highest BCUT2D eigenvalue weighted by molar-refractivity contribution is 5.11. The van der Waals surface area contributed by atoms with Crippen molar-refractivity contribution in [2.75, 3.05) is 6.54 Å². The molecular formula is C14H23NO. The van der Waals surface area contributed by atoms with Crippen LogP contribution in [-0.4, -0.2) is 6.54 Å². The molecule has 0 spiro atoms. The smallest absolute Gasteiger partial charge is 0.121 e. The van der Waals surface area contributed by atoms with Crippen LogP contribution in [0.4, 0.5) is 0 Å². The van der Waals surface area contributed by atoms with Gasteiger partial charge in [-0.15, -0.1) is 0 Å². The van der Waals surface area contributed by atoms with Gasteiger partial charge in [-0.1, -0.05) is 26.7 Å². The van der Waals surface area contributed by atoms with Crippen LogP contribution in [0.2, 0.25) is 0 Å². The fraction of sp³-hybridized carbons (Fsp3) is 0.714. The first-order valence-corrected chi connectivity index (χ1v) is 6.52. The van der Waals surface area contributed by atoms with Gasteiger partial charge in [-0.25, -0.2) is 0 Å². The van der Waals surface area contributed by atoms with Crippen LogP contribution in [0.1, 0.15) is 50.7 Å². The minimum atomic E-state index is 0.413. The molecule has 90 valence electrons. The van der Waals surface area contributed by atoms with Gasteiger partial charge in [0.2, 0.25) is 0 Å². The first-order valence-electron chi connectivity index (χ1n) is 6.52. The Labute approximate surface area is 98.4 Å². The predicted octanol–water partition coefficient (Wildman–Crippen LogP) is 3.67. The highest BCUT2D eigenvalue weighted by Crippen LogP contribution is 2.40. The summed E-state index contributed by atoms with van der Waals surface area (Å²) in [6.07, 6.45) is 4.07. The van der Waals surface area contributed by atoms with E-state index in [4.69, 9.17) is 4.42 Å². The van der Waals surface area contributed by atoms with Crippen molar-refractivity contribution in [1.29, 1.82) is 0 Å². The summed E-state index contributed by atoms with van der Waals surface area (Å²) in [6.45, 7) is 7.57. The maximum atomic E-state index is 5.80. The lowest BCUT2D eigenvalue weighted by Gasteiger charge is -2.26. The molecule has 2 nitrogen and oxygen atoms in total. The SMILES string of the molecule is CCNC(c1ccc(C)o1)C1CCCC1C. The van der Waals surface area contributed by atoms with Gasteiger partial charge in [-0.2, -0.15) is 0 Å². The van der Waals surface area contributed by atoms with Gasteiger partial charge in [0, 0.05) is 0 Å². The second kappa shape index (κ2) is 5.05. The molecule has 0 amide bonds. The third kappa shape index (κ3) is 2.32. The quantitative estimate of drug-likeness (QED) is 0.839. The molecule has 0 radical (unpaired) electrons. The molecule has 1 heterocycles. The Bertz CT molecular complexity index is 331. The molecule has 2 rings (SSSR count). The summed E-state index contributed by atoms with van der Waals surface area (Å²) in [5.74, 6) is 3.70. The third-order valence-corrected chi connectivity index (χ3v) is 3.85. The molecule has 1 aromatic heterocycles. The van der Waals surface area contributed by atoms with Gasteiger partial charge < -0.3 is 9.73 Å². The van der Waals surface area contributed by atoms with Crippen molar-refractivity contribution in [1.82, 2.24) is 5.32 Å². The zero-order valence-corrected chi connectivity index (χ0v) is 10.6. The fourth-order valence-electron chi connectivity index (χ4n) is 2.97. The molecule has 0 bridgehead atoms. The summed E-state index contributed by atoms with van der Waals surface area (Å²) < 4.78 is 5.80. The molecule has 0 saturated heterocycles. The lowest BCUT2D eigenvalue weighted by molar-refractivity contribution is 0.266. The van der Waals surface area contributed by atoms with Gasteiger partial charge >= 0.3 is 0 Å². The van der Waals surface area contributed by atoms with E-state index in [9.17, 15) is 0 Å². The summed E-state index contributed by atoms with van der Waals surface area (Å²) in [7, 11) is 0. The van der Waals surface area contributed by atoms with E-state index in [1.54, 1.807) is 0 Å². The van der Waals surface area contributed by atoms with E-state index in [0.29, 0.717) is 6.04 Å². The van der Waals surface area contributed by atoms with Crippen LogP contribution < -0.4 is 5.32 Å². The first-order chi connectivity index (χ1) is 7.72. The van der Waals surface area contributed by atoms with Gasteiger partial charge in [-0.3, -0.25) is 0 Å². The monoisotopic (exact) mass is 221 g/mol. The maximum Gasteiger partial charge on any atom is 0.121 e. The first kappa shape index (κ1) is 11.7. The van der Waals surface area contributed by atoms with E-state index in [-0.39, 0.29) is 0 Å². The van der Waals surface area contributed by atoms with E-state index in [0.717, 1.165) is 29.9 Å². The van der Waals surface area contributed by atoms with Crippen molar-refractivity contribution < 1.29 is 4.42 Å². The van der Waals surface area contributed by atoms with E-state index < -0.39 is 0 Å². The Balaban J connectivity index is 2.16. The number of nitrogens with one attached hydrogen (secondary N) is 1. The van der Waals surface area contributed by atoms with Gasteiger partial charge in [-0.05, 0) is 43.9 Å². The average molecular weight is 221 g/mol. The molecule has 1 aliphatic carbocycles. The van der Waals surface area contributed by atoms with E-state index in [2.05, 4.69) is 31.3 Å². The Kier molecular flexibility index (Phi) is 3.70. The lowest BCUT2D eigenvalue weighted by Crippen LogP contribution is -2.29. The Morgan fingerprint density at radius 2 is 2.25 bits per heavy atom. The topological polar surface area (TPSA) is 25.2 Å². The summed E-state index contributed by atoms with van der Waals surface area (Å²) in [5, 5.41) is 3.59. The van der Waals surface area contributed by atoms with Crippen LogP contribution in [0.15, 0.2) is 16.5 Å². The van der Waals surface area contributed by atoms with Crippen molar-refractivity contribution in [3.63, 3.8) is 0 Å². The van der Waals surface area contributed by atoms with E-state index in [1.165, 1.54) is 19.3 Å². The van der Waals surface area contributed by atoms with Gasteiger partial charge in [0.1, 0.15) is 11.5 Å². The fourth-order valence-corrected chi connectivity index (χ4v) is 2.97. The molecule has 2 heteroatoms. The summed E-state index contributed by atoms with van der Waals surface area (Å²) in [6, 6.07) is 4.61. The van der Waals surface area contributed by atoms with E-state index >= 15 is 0 Å². The molecule has 1 N–H and O–H groups in total. The number of hydrogen-bond donors (Lipinski definition) is 1. The molecule has 1 aliphatic rings. The van der Waals surface area contributed by atoms with Gasteiger partial charge in [0.15, 0.2) is 0 Å². The molecule has 1 saturated carbocycles. The van der Waals surface area contributed by atoms with Crippen molar-refractivity contribution in [3.8, 4) is 0 Å². The number of aryl methyl sites for hydroxylation is 1. The van der Waals surface area contributed by atoms with Crippen LogP contribution in [-0.2, 0) is 0 Å². The standard InChI is InChI=1S/C14H23NO/c1-4-15-14(12-7-5-6-10(12)2)13-9-8-11(3)16-13/h8-10,12,14-15H,4-7H2,1-3H3. The van der Waals surface area contributed by atoms with Crippen molar-refractivity contribution in [3.05, 3.63) is 23.7 Å². The highest BCUT2D eigenvalue weighted by Gasteiger charge is 2.32. The molecule has 1 aromatic rings. The highest BCUT2D eigenvalue weighted by atomic mass is 16.3. The molecule has 0 aliphatic heterocycles. The van der Waals surface area contributed by atoms with Crippen LogP contribution in [0, 0.1) is 18.8 Å². The predicted molar refractivity (Wildman–Crippen MR) is 66.4 cm³/mol. The zero-order chi connectivity index (χ0) is 11.5. The summed E-state index contributed by atoms with van der Waals surface area (Å²) in [4.78, 5) is 0. The Hall–Kier alpha value is -0.760. The Morgan fingerprint density at radius 3 is 2.75 bits per heavy atom. The van der Waals surface area contributed by atoms with E-state index in [1.807, 2.05) is 6.92 Å². The van der Waals surface area contributed by atoms with Crippen molar-refractivity contribution in [2.24, 2.45) is 11.8 Å². The van der Waals surface area contributed by atoms with Gasteiger partial charge in [0.05, 0.1) is 6.04 Å². The van der Waals surface area contributed by atoms with Crippen molar-refractivity contribution >= 4 is 0 Å². The number of rotatable bonds is 4. The van der Waals surface area contributed by atoms with Crippen LogP contribution >= 0.6 is 0 Å². The second-order valence-electron chi connectivity index (χ2n) is 5.06. The Morgan fingerprint density at radius 1 is 1.44 bits per heavy atom. The van der Waals surface area contributed by atoms with Crippen LogP contribution in [0.5, 0.6) is 0 Å². The minimum Gasteiger partial charge on any atom is -0.465 e. The summed E-state index contributed by atoms with van der Waals surface area (Å²) in [5.41, 5.74) is 0. The second-order valence-corrected chi connectivity index (χ2v) is 5.06. The molecule has 3 atom stereocenters. The number of furan rings is 1. The van der Waals surface area contributed by atoms with Gasteiger partial charge in [0.25, 0.3) is 0 Å². The minimum absolute atomic E-state index is 0.413. The summed E-state index contributed by atoms with van der Waals surface area (Å²) >= 11 is 0. The maximum absolute atomic E-state index is 5.80. The van der Waals surface area contributed by atoms with Crippen LogP contribution in [0.25, 0.3) is 0 Å². The molecule has 3 unspecified atom stereocenters. The number of hydrogen-bond acceptors (Lipinski definition) is 2. The third-order valence-electron chi connectivity index (χ3n) is 3.85. The normalized spacial score (nSPS) is 27.2. The largest absolute Gasteiger partial charge is 0.465 e. The zero-order valence-electron chi connectivity index (χ0n) is 10.6. The molecule has 0 aromatic carbocycles. The van der Waals surface area contributed by atoms with Crippen molar-refractivity contribution in [2.45, 2.75) is 46.1 Å². The molecule has 1 fully saturated rings.